The van der Waals surface area contributed by atoms with E-state index in [0.29, 0.717) is 16.9 Å². The first-order chi connectivity index (χ1) is 14.1. The third-order valence-corrected chi connectivity index (χ3v) is 4.44. The molecule has 4 aromatic rings. The lowest BCUT2D eigenvalue weighted by Gasteiger charge is -2.09. The second-order valence-electron chi connectivity index (χ2n) is 6.43. The molecule has 0 atom stereocenters. The molecular weight excluding hydrogens is 366 g/mol. The number of anilines is 1. The predicted molar refractivity (Wildman–Crippen MR) is 112 cm³/mol. The van der Waals surface area contributed by atoms with Crippen molar-refractivity contribution in [2.75, 3.05) is 5.32 Å². The predicted octanol–water partition coefficient (Wildman–Crippen LogP) is 3.45. The summed E-state index contributed by atoms with van der Waals surface area (Å²) in [5, 5.41) is 5.29. The van der Waals surface area contributed by atoms with Gasteiger partial charge in [-0.25, -0.2) is 4.68 Å². The first kappa shape index (κ1) is 18.2. The average molecular weight is 383 g/mol. The number of carbonyl (C=O) groups is 1. The SMILES string of the molecule is O=C(Nc1ccc(-c2ccccc2)cc1)c1cccc(-n2[nH]c(=O)ccc2=O)c1. The summed E-state index contributed by atoms with van der Waals surface area (Å²) in [4.78, 5) is 36.1. The van der Waals surface area contributed by atoms with E-state index in [0.717, 1.165) is 21.9 Å². The molecule has 0 fully saturated rings. The van der Waals surface area contributed by atoms with Crippen molar-refractivity contribution in [3.8, 4) is 16.8 Å². The van der Waals surface area contributed by atoms with Gasteiger partial charge in [0.2, 0.25) is 0 Å². The molecule has 6 nitrogen and oxygen atoms in total. The number of nitrogens with one attached hydrogen (secondary N) is 2. The highest BCUT2D eigenvalue weighted by Gasteiger charge is 2.09. The van der Waals surface area contributed by atoms with Crippen LogP contribution in [0.15, 0.2) is 101 Å². The summed E-state index contributed by atoms with van der Waals surface area (Å²) in [6.07, 6.45) is 0. The van der Waals surface area contributed by atoms with Crippen molar-refractivity contribution in [1.82, 2.24) is 9.78 Å². The van der Waals surface area contributed by atoms with Gasteiger partial charge in [0.25, 0.3) is 17.0 Å². The van der Waals surface area contributed by atoms with Crippen molar-refractivity contribution < 1.29 is 4.79 Å². The molecule has 0 spiro atoms. The minimum absolute atomic E-state index is 0.314. The van der Waals surface area contributed by atoms with Crippen LogP contribution in [0, 0.1) is 0 Å². The lowest BCUT2D eigenvalue weighted by atomic mass is 10.1. The summed E-state index contributed by atoms with van der Waals surface area (Å²) in [6, 6.07) is 26.3. The third-order valence-electron chi connectivity index (χ3n) is 4.44. The second-order valence-corrected chi connectivity index (χ2v) is 6.43. The lowest BCUT2D eigenvalue weighted by Crippen LogP contribution is -2.26. The number of aromatic amines is 1. The van der Waals surface area contributed by atoms with Gasteiger partial charge in [0, 0.05) is 23.4 Å². The Hall–Kier alpha value is -4.19. The minimum atomic E-state index is -0.405. The first-order valence-corrected chi connectivity index (χ1v) is 9.00. The van der Waals surface area contributed by atoms with E-state index in [1.807, 2.05) is 54.6 Å². The first-order valence-electron chi connectivity index (χ1n) is 9.00. The number of amides is 1. The van der Waals surface area contributed by atoms with Gasteiger partial charge >= 0.3 is 0 Å². The van der Waals surface area contributed by atoms with Gasteiger partial charge < -0.3 is 5.32 Å². The van der Waals surface area contributed by atoms with Crippen molar-refractivity contribution in [2.24, 2.45) is 0 Å². The molecule has 0 radical (unpaired) electrons. The standard InChI is InChI=1S/C23H17N3O3/c27-21-13-14-22(28)26(25-21)20-8-4-7-18(15-20)23(29)24-19-11-9-17(10-12-19)16-5-2-1-3-6-16/h1-15H,(H,24,29)(H,25,27). The van der Waals surface area contributed by atoms with E-state index in [-0.39, 0.29) is 5.91 Å². The molecule has 29 heavy (non-hydrogen) atoms. The van der Waals surface area contributed by atoms with Crippen LogP contribution in [-0.2, 0) is 0 Å². The van der Waals surface area contributed by atoms with E-state index in [9.17, 15) is 14.4 Å². The summed E-state index contributed by atoms with van der Waals surface area (Å²) in [6.45, 7) is 0. The summed E-state index contributed by atoms with van der Waals surface area (Å²) in [5.41, 5.74) is 2.78. The molecule has 3 aromatic carbocycles. The summed E-state index contributed by atoms with van der Waals surface area (Å²) in [5.74, 6) is -0.314. The number of hydrogen-bond acceptors (Lipinski definition) is 3. The lowest BCUT2D eigenvalue weighted by molar-refractivity contribution is 0.102. The van der Waals surface area contributed by atoms with Crippen LogP contribution in [0.3, 0.4) is 0 Å². The molecule has 4 rings (SSSR count). The zero-order chi connectivity index (χ0) is 20.2. The molecule has 0 unspecified atom stereocenters. The van der Waals surface area contributed by atoms with E-state index in [4.69, 9.17) is 0 Å². The zero-order valence-corrected chi connectivity index (χ0v) is 15.3. The number of benzene rings is 3. The van der Waals surface area contributed by atoms with Gasteiger partial charge in [-0.2, -0.15) is 0 Å². The smallest absolute Gasteiger partial charge is 0.269 e. The quantitative estimate of drug-likeness (QED) is 0.566. The fourth-order valence-corrected chi connectivity index (χ4v) is 2.98. The molecule has 1 amide bonds. The van der Waals surface area contributed by atoms with Crippen LogP contribution in [0.4, 0.5) is 5.69 Å². The Bertz CT molecular complexity index is 1270. The molecule has 0 saturated carbocycles. The molecule has 6 heteroatoms. The van der Waals surface area contributed by atoms with Gasteiger partial charge in [0.15, 0.2) is 0 Å². The highest BCUT2D eigenvalue weighted by atomic mass is 16.2. The summed E-state index contributed by atoms with van der Waals surface area (Å²) < 4.78 is 1.10. The van der Waals surface area contributed by atoms with E-state index in [1.54, 1.807) is 24.3 Å². The van der Waals surface area contributed by atoms with Gasteiger partial charge in [0.1, 0.15) is 0 Å². The Morgan fingerprint density at radius 3 is 2.24 bits per heavy atom. The van der Waals surface area contributed by atoms with Crippen LogP contribution in [0.2, 0.25) is 0 Å². The van der Waals surface area contributed by atoms with Crippen LogP contribution in [0.25, 0.3) is 16.8 Å². The molecule has 2 N–H and O–H groups in total. The molecular formula is C23H17N3O3. The maximum absolute atomic E-state index is 12.6. The molecule has 1 heterocycles. The molecule has 1 aromatic heterocycles. The number of H-pyrrole nitrogens is 1. The van der Waals surface area contributed by atoms with Crippen molar-refractivity contribution in [2.45, 2.75) is 0 Å². The van der Waals surface area contributed by atoms with Gasteiger partial charge in [-0.3, -0.25) is 19.5 Å². The second kappa shape index (κ2) is 7.82. The number of aromatic nitrogens is 2. The minimum Gasteiger partial charge on any atom is -0.322 e. The maximum Gasteiger partial charge on any atom is 0.269 e. The molecule has 0 aliphatic heterocycles. The Balaban J connectivity index is 1.55. The van der Waals surface area contributed by atoms with Gasteiger partial charge in [-0.1, -0.05) is 48.5 Å². The van der Waals surface area contributed by atoms with Crippen molar-refractivity contribution >= 4 is 11.6 Å². The van der Waals surface area contributed by atoms with Crippen molar-refractivity contribution in [3.05, 3.63) is 117 Å². The number of nitrogens with zero attached hydrogens (tertiary/aromatic N) is 1. The van der Waals surface area contributed by atoms with E-state index in [1.165, 1.54) is 6.07 Å². The van der Waals surface area contributed by atoms with E-state index in [2.05, 4.69) is 10.4 Å². The molecule has 0 aliphatic rings. The maximum atomic E-state index is 12.6. The molecule has 142 valence electrons. The van der Waals surface area contributed by atoms with Crippen molar-refractivity contribution in [3.63, 3.8) is 0 Å². The molecule has 0 aliphatic carbocycles. The highest BCUT2D eigenvalue weighted by Crippen LogP contribution is 2.21. The number of rotatable bonds is 4. The van der Waals surface area contributed by atoms with Gasteiger partial charge in [-0.15, -0.1) is 0 Å². The third kappa shape index (κ3) is 4.06. The summed E-state index contributed by atoms with van der Waals surface area (Å²) in [7, 11) is 0. The largest absolute Gasteiger partial charge is 0.322 e. The van der Waals surface area contributed by atoms with Crippen LogP contribution in [0.1, 0.15) is 10.4 Å². The van der Waals surface area contributed by atoms with E-state index < -0.39 is 11.1 Å². The van der Waals surface area contributed by atoms with Gasteiger partial charge in [-0.05, 0) is 41.5 Å². The Morgan fingerprint density at radius 2 is 1.48 bits per heavy atom. The Kier molecular flexibility index (Phi) is 4.90. The number of carbonyl (C=O) groups excluding carboxylic acids is 1. The van der Waals surface area contributed by atoms with Crippen LogP contribution < -0.4 is 16.4 Å². The van der Waals surface area contributed by atoms with Crippen molar-refractivity contribution in [1.29, 1.82) is 0 Å². The van der Waals surface area contributed by atoms with Gasteiger partial charge in [0.05, 0.1) is 5.69 Å². The molecule has 0 bridgehead atoms. The van der Waals surface area contributed by atoms with Crippen LogP contribution in [-0.4, -0.2) is 15.7 Å². The molecule has 0 saturated heterocycles. The summed E-state index contributed by atoms with van der Waals surface area (Å²) >= 11 is 0. The van der Waals surface area contributed by atoms with E-state index >= 15 is 0 Å². The fourth-order valence-electron chi connectivity index (χ4n) is 2.98. The average Bonchev–Trinajstić information content (AvgIpc) is 2.76. The Labute approximate surface area is 166 Å². The zero-order valence-electron chi connectivity index (χ0n) is 15.3. The normalized spacial score (nSPS) is 10.5. The topological polar surface area (TPSA) is 84.0 Å². The fraction of sp³-hybridized carbons (Fsp3) is 0. The van der Waals surface area contributed by atoms with Crippen LogP contribution in [0.5, 0.6) is 0 Å². The number of hydrogen-bond donors (Lipinski definition) is 2. The monoisotopic (exact) mass is 383 g/mol. The highest BCUT2D eigenvalue weighted by molar-refractivity contribution is 6.04. The van der Waals surface area contributed by atoms with Crippen LogP contribution >= 0.6 is 0 Å². The Morgan fingerprint density at radius 1 is 0.759 bits per heavy atom.